The first-order chi connectivity index (χ1) is 6.76. The number of aliphatic hydroxyl groups excluding tert-OH is 1. The van der Waals surface area contributed by atoms with E-state index in [1.165, 1.54) is 5.57 Å². The van der Waals surface area contributed by atoms with Crippen LogP contribution in [-0.2, 0) is 4.74 Å². The SMILES string of the molecule is C/C=C1\CCC(C/C(O)=C/[N+]#N)OC1. The predicted octanol–water partition coefficient (Wildman–Crippen LogP) is 2.75. The van der Waals surface area contributed by atoms with Crippen molar-refractivity contribution in [3.63, 3.8) is 0 Å². The fourth-order valence-electron chi connectivity index (χ4n) is 1.47. The zero-order valence-electron chi connectivity index (χ0n) is 8.31. The van der Waals surface area contributed by atoms with Gasteiger partial charge in [0.15, 0.2) is 10.7 Å². The van der Waals surface area contributed by atoms with Gasteiger partial charge in [-0.2, -0.15) is 0 Å². The van der Waals surface area contributed by atoms with Crippen LogP contribution in [-0.4, -0.2) is 17.8 Å². The molecule has 1 N–H and O–H groups in total. The molecule has 4 heteroatoms. The molecule has 0 bridgehead atoms. The Hall–Kier alpha value is -1.34. The average molecular weight is 195 g/mol. The normalized spacial score (nSPS) is 26.1. The van der Waals surface area contributed by atoms with Gasteiger partial charge in [0, 0.05) is 6.42 Å². The molecule has 1 rings (SSSR count). The van der Waals surface area contributed by atoms with E-state index in [9.17, 15) is 5.11 Å². The van der Waals surface area contributed by atoms with E-state index in [0.717, 1.165) is 19.0 Å². The van der Waals surface area contributed by atoms with Crippen molar-refractivity contribution in [2.75, 3.05) is 6.61 Å². The van der Waals surface area contributed by atoms with E-state index in [0.29, 0.717) is 13.0 Å². The zero-order chi connectivity index (χ0) is 10.4. The van der Waals surface area contributed by atoms with Gasteiger partial charge >= 0.3 is 6.20 Å². The molecule has 0 saturated carbocycles. The van der Waals surface area contributed by atoms with Crippen LogP contribution in [0.3, 0.4) is 0 Å². The molecule has 0 amide bonds. The van der Waals surface area contributed by atoms with Gasteiger partial charge in [-0.3, -0.25) is 0 Å². The van der Waals surface area contributed by atoms with E-state index in [1.807, 2.05) is 6.92 Å². The van der Waals surface area contributed by atoms with E-state index in [1.54, 1.807) is 0 Å². The maximum Gasteiger partial charge on any atom is 0.387 e. The average Bonchev–Trinajstić information content (AvgIpc) is 2.19. The fraction of sp³-hybridized carbons (Fsp3) is 0.600. The highest BCUT2D eigenvalue weighted by atomic mass is 16.5. The molecule has 1 atom stereocenters. The summed E-state index contributed by atoms with van der Waals surface area (Å²) in [5.74, 6) is 0.0569. The van der Waals surface area contributed by atoms with Crippen LogP contribution in [0.1, 0.15) is 26.2 Å². The van der Waals surface area contributed by atoms with E-state index >= 15 is 0 Å². The molecule has 0 spiro atoms. The molecule has 1 aliphatic heterocycles. The van der Waals surface area contributed by atoms with Crippen LogP contribution in [0.5, 0.6) is 0 Å². The lowest BCUT2D eigenvalue weighted by molar-refractivity contribution is 0.0362. The second-order valence-corrected chi connectivity index (χ2v) is 3.36. The van der Waals surface area contributed by atoms with Crippen LogP contribution in [0.25, 0.3) is 4.98 Å². The second-order valence-electron chi connectivity index (χ2n) is 3.36. The Bertz CT molecular complexity index is 279. The van der Waals surface area contributed by atoms with Crippen LogP contribution in [0.4, 0.5) is 0 Å². The first-order valence-electron chi connectivity index (χ1n) is 4.74. The Morgan fingerprint density at radius 2 is 2.57 bits per heavy atom. The van der Waals surface area contributed by atoms with Gasteiger partial charge in [0.25, 0.3) is 0 Å². The number of ether oxygens (including phenoxy) is 1. The molecule has 0 aromatic rings. The third-order valence-corrected chi connectivity index (χ3v) is 2.34. The van der Waals surface area contributed by atoms with Crippen molar-refractivity contribution in [1.29, 1.82) is 5.39 Å². The van der Waals surface area contributed by atoms with Gasteiger partial charge in [-0.05, 0) is 25.3 Å². The number of hydrogen-bond donors (Lipinski definition) is 1. The summed E-state index contributed by atoms with van der Waals surface area (Å²) in [4.78, 5) is 2.75. The van der Waals surface area contributed by atoms with Crippen LogP contribution in [0.2, 0.25) is 0 Å². The molecule has 14 heavy (non-hydrogen) atoms. The molecule has 0 aliphatic carbocycles. The number of diazo groups is 1. The predicted molar refractivity (Wildman–Crippen MR) is 53.1 cm³/mol. The summed E-state index contributed by atoms with van der Waals surface area (Å²) in [6.45, 7) is 2.64. The van der Waals surface area contributed by atoms with Crippen LogP contribution < -0.4 is 0 Å². The lowest BCUT2D eigenvalue weighted by Crippen LogP contribution is -2.21. The minimum Gasteiger partial charge on any atom is -0.505 e. The fourth-order valence-corrected chi connectivity index (χ4v) is 1.47. The monoisotopic (exact) mass is 195 g/mol. The van der Waals surface area contributed by atoms with Gasteiger partial charge in [-0.25, -0.2) is 0 Å². The summed E-state index contributed by atoms with van der Waals surface area (Å²) in [6, 6.07) is 0. The third-order valence-electron chi connectivity index (χ3n) is 2.34. The lowest BCUT2D eigenvalue weighted by atomic mass is 10.0. The van der Waals surface area contributed by atoms with Gasteiger partial charge in [0.1, 0.15) is 0 Å². The highest BCUT2D eigenvalue weighted by Gasteiger charge is 2.18. The second kappa shape index (κ2) is 5.40. The van der Waals surface area contributed by atoms with Gasteiger partial charge in [0.05, 0.1) is 12.7 Å². The topological polar surface area (TPSA) is 57.6 Å². The molecule has 1 heterocycles. The highest BCUT2D eigenvalue weighted by molar-refractivity contribution is 5.05. The summed E-state index contributed by atoms with van der Waals surface area (Å²) in [6.07, 6.45) is 5.48. The summed E-state index contributed by atoms with van der Waals surface area (Å²) >= 11 is 0. The Morgan fingerprint density at radius 3 is 3.07 bits per heavy atom. The molecular weight excluding hydrogens is 180 g/mol. The molecule has 0 aromatic carbocycles. The van der Waals surface area contributed by atoms with Crippen molar-refractivity contribution < 1.29 is 9.84 Å². The Kier molecular flexibility index (Phi) is 4.14. The van der Waals surface area contributed by atoms with Gasteiger partial charge in [0.2, 0.25) is 5.39 Å². The van der Waals surface area contributed by atoms with Gasteiger partial charge in [-0.1, -0.05) is 6.08 Å². The minimum atomic E-state index is 0.0386. The van der Waals surface area contributed by atoms with Crippen molar-refractivity contribution in [3.8, 4) is 0 Å². The van der Waals surface area contributed by atoms with Crippen LogP contribution in [0.15, 0.2) is 23.6 Å². The standard InChI is InChI=1S/C10H14N2O2/c1-2-8-3-4-10(14-7-8)5-9(13)6-12-11/h2,6,10H,3-5,7H2,1H3/p+1/b8-2+,9-6-. The summed E-state index contributed by atoms with van der Waals surface area (Å²) < 4.78 is 5.51. The Labute approximate surface area is 83.5 Å². The molecule has 1 saturated heterocycles. The summed E-state index contributed by atoms with van der Waals surface area (Å²) in [5, 5.41) is 17.4. The molecule has 76 valence electrons. The molecule has 4 nitrogen and oxygen atoms in total. The lowest BCUT2D eigenvalue weighted by Gasteiger charge is -2.23. The molecule has 0 radical (unpaired) electrons. The van der Waals surface area contributed by atoms with Crippen molar-refractivity contribution in [1.82, 2.24) is 0 Å². The summed E-state index contributed by atoms with van der Waals surface area (Å²) in [5.41, 5.74) is 1.30. The molecular formula is C10H15N2O2+. The van der Waals surface area contributed by atoms with E-state index < -0.39 is 0 Å². The van der Waals surface area contributed by atoms with Crippen LogP contribution >= 0.6 is 0 Å². The largest absolute Gasteiger partial charge is 0.505 e. The molecule has 1 fully saturated rings. The third kappa shape index (κ3) is 3.19. The first-order valence-corrected chi connectivity index (χ1v) is 4.74. The first kappa shape index (κ1) is 10.7. The molecule has 0 aromatic heterocycles. The van der Waals surface area contributed by atoms with Gasteiger partial charge in [-0.15, -0.1) is 0 Å². The number of aliphatic hydroxyl groups is 1. The number of rotatable bonds is 2. The maximum absolute atomic E-state index is 9.24. The zero-order valence-corrected chi connectivity index (χ0v) is 8.31. The Morgan fingerprint density at radius 1 is 1.79 bits per heavy atom. The van der Waals surface area contributed by atoms with Crippen molar-refractivity contribution in [2.24, 2.45) is 0 Å². The maximum atomic E-state index is 9.24. The number of hydrogen-bond acceptors (Lipinski definition) is 3. The van der Waals surface area contributed by atoms with Gasteiger partial charge < -0.3 is 9.84 Å². The molecule has 1 aliphatic rings. The van der Waals surface area contributed by atoms with E-state index in [2.05, 4.69) is 11.1 Å². The number of nitrogens with zero attached hydrogens (tertiary/aromatic N) is 2. The smallest absolute Gasteiger partial charge is 0.387 e. The molecule has 1 unspecified atom stereocenters. The van der Waals surface area contributed by atoms with Crippen molar-refractivity contribution in [2.45, 2.75) is 32.3 Å². The summed E-state index contributed by atoms with van der Waals surface area (Å²) in [7, 11) is 0. The van der Waals surface area contributed by atoms with Crippen molar-refractivity contribution in [3.05, 3.63) is 28.6 Å². The quantitative estimate of drug-likeness (QED) is 0.418. The minimum absolute atomic E-state index is 0.0386. The number of allylic oxidation sites excluding steroid dienone is 1. The van der Waals surface area contributed by atoms with E-state index in [-0.39, 0.29) is 11.9 Å². The van der Waals surface area contributed by atoms with Crippen molar-refractivity contribution >= 4 is 0 Å². The van der Waals surface area contributed by atoms with Crippen LogP contribution in [0, 0.1) is 5.39 Å². The van der Waals surface area contributed by atoms with E-state index in [4.69, 9.17) is 10.1 Å². The Balaban J connectivity index is 2.37. The highest BCUT2D eigenvalue weighted by Crippen LogP contribution is 2.21.